The lowest BCUT2D eigenvalue weighted by Gasteiger charge is -2.44. The Morgan fingerprint density at radius 1 is 1.16 bits per heavy atom. The molecule has 4 rings (SSSR count). The Balaban J connectivity index is 1.76. The van der Waals surface area contributed by atoms with Gasteiger partial charge in [-0.25, -0.2) is 13.2 Å². The van der Waals surface area contributed by atoms with Crippen LogP contribution < -0.4 is 4.90 Å². The molecule has 37 heavy (non-hydrogen) atoms. The minimum Gasteiger partial charge on any atom is -0.477 e. The van der Waals surface area contributed by atoms with Gasteiger partial charge in [-0.05, 0) is 63.8 Å². The minimum atomic E-state index is -3.98. The Labute approximate surface area is 227 Å². The summed E-state index contributed by atoms with van der Waals surface area (Å²) in [6, 6.07) is 7.20. The largest absolute Gasteiger partial charge is 0.477 e. The van der Waals surface area contributed by atoms with E-state index in [1.165, 1.54) is 16.4 Å². The number of sulfonamides is 1. The average Bonchev–Trinajstić information content (AvgIpc) is 3.26. The van der Waals surface area contributed by atoms with Gasteiger partial charge in [-0.15, -0.1) is 11.3 Å². The molecule has 1 saturated carbocycles. The maximum Gasteiger partial charge on any atom is 0.348 e. The Morgan fingerprint density at radius 2 is 1.86 bits per heavy atom. The van der Waals surface area contributed by atoms with E-state index in [9.17, 15) is 23.1 Å². The molecule has 1 saturated heterocycles. The van der Waals surface area contributed by atoms with E-state index in [0.29, 0.717) is 15.6 Å². The molecule has 2 fully saturated rings. The molecule has 0 radical (unpaired) electrons. The number of carbonyl (C=O) groups excluding carboxylic acids is 1. The summed E-state index contributed by atoms with van der Waals surface area (Å²) in [6.07, 6.45) is 4.77. The molecular formula is C27H31ClN2O5S2. The van der Waals surface area contributed by atoms with Crippen molar-refractivity contribution in [3.63, 3.8) is 0 Å². The highest BCUT2D eigenvalue weighted by Crippen LogP contribution is 2.39. The number of piperazine rings is 1. The number of benzene rings is 1. The Hall–Kier alpha value is -2.38. The van der Waals surface area contributed by atoms with Crippen LogP contribution in [0.15, 0.2) is 35.2 Å². The summed E-state index contributed by atoms with van der Waals surface area (Å²) in [6.45, 7) is 5.61. The summed E-state index contributed by atoms with van der Waals surface area (Å²) in [4.78, 5) is 28.1. The number of hydrogen-bond donors (Lipinski definition) is 1. The molecule has 0 bridgehead atoms. The van der Waals surface area contributed by atoms with Crippen molar-refractivity contribution in [2.75, 3.05) is 18.0 Å². The second-order valence-corrected chi connectivity index (χ2v) is 14.0. The molecule has 7 nitrogen and oxygen atoms in total. The summed E-state index contributed by atoms with van der Waals surface area (Å²) in [7, 11) is -3.98. The molecule has 10 heteroatoms. The molecule has 1 aliphatic carbocycles. The number of thiophene rings is 1. The fourth-order valence-corrected chi connectivity index (χ4v) is 7.49. The van der Waals surface area contributed by atoms with Gasteiger partial charge >= 0.3 is 5.97 Å². The second kappa shape index (κ2) is 10.8. The van der Waals surface area contributed by atoms with Crippen LogP contribution in [-0.4, -0.2) is 48.8 Å². The molecule has 1 atom stereocenters. The van der Waals surface area contributed by atoms with Gasteiger partial charge in [0, 0.05) is 17.0 Å². The lowest BCUT2D eigenvalue weighted by molar-refractivity contribution is -0.121. The number of aromatic carboxylic acids is 1. The molecule has 2 aliphatic rings. The van der Waals surface area contributed by atoms with Crippen LogP contribution in [-0.2, 0) is 14.8 Å². The molecule has 1 aromatic heterocycles. The first-order chi connectivity index (χ1) is 17.4. The predicted octanol–water partition coefficient (Wildman–Crippen LogP) is 5.48. The fourth-order valence-electron chi connectivity index (χ4n) is 4.94. The first kappa shape index (κ1) is 27.6. The highest BCUT2D eigenvalue weighted by molar-refractivity contribution is 7.89. The van der Waals surface area contributed by atoms with E-state index in [0.717, 1.165) is 43.4 Å². The van der Waals surface area contributed by atoms with E-state index in [4.69, 9.17) is 11.6 Å². The third-order valence-corrected chi connectivity index (χ3v) is 9.73. The van der Waals surface area contributed by atoms with E-state index in [1.54, 1.807) is 23.1 Å². The van der Waals surface area contributed by atoms with Crippen LogP contribution >= 0.6 is 22.9 Å². The monoisotopic (exact) mass is 562 g/mol. The number of carbonyl (C=O) groups is 2. The minimum absolute atomic E-state index is 0.0325. The van der Waals surface area contributed by atoms with Gasteiger partial charge in [0.15, 0.2) is 0 Å². The average molecular weight is 563 g/mol. The van der Waals surface area contributed by atoms with Gasteiger partial charge in [0.25, 0.3) is 0 Å². The summed E-state index contributed by atoms with van der Waals surface area (Å²) >= 11 is 7.10. The van der Waals surface area contributed by atoms with Crippen molar-refractivity contribution in [3.05, 3.63) is 45.1 Å². The molecule has 1 N–H and O–H groups in total. The van der Waals surface area contributed by atoms with Gasteiger partial charge in [-0.3, -0.25) is 4.79 Å². The molecule has 1 unspecified atom stereocenters. The number of nitrogens with zero attached hydrogens (tertiary/aromatic N) is 2. The smallest absolute Gasteiger partial charge is 0.348 e. The van der Waals surface area contributed by atoms with Crippen molar-refractivity contribution in [3.8, 4) is 11.8 Å². The van der Waals surface area contributed by atoms with E-state index < -0.39 is 27.9 Å². The van der Waals surface area contributed by atoms with Crippen LogP contribution in [0.4, 0.5) is 5.69 Å². The zero-order chi connectivity index (χ0) is 27.0. The lowest BCUT2D eigenvalue weighted by Crippen LogP contribution is -2.60. The number of carboxylic acid groups (broad SMARTS) is 1. The van der Waals surface area contributed by atoms with Crippen molar-refractivity contribution < 1.29 is 23.1 Å². The number of anilines is 1. The zero-order valence-electron chi connectivity index (χ0n) is 21.2. The Morgan fingerprint density at radius 3 is 2.49 bits per heavy atom. The summed E-state index contributed by atoms with van der Waals surface area (Å²) in [5.74, 6) is 4.66. The van der Waals surface area contributed by atoms with Gasteiger partial charge in [0.1, 0.15) is 4.88 Å². The number of hydrogen-bond acceptors (Lipinski definition) is 5. The van der Waals surface area contributed by atoms with Crippen LogP contribution in [0.5, 0.6) is 0 Å². The summed E-state index contributed by atoms with van der Waals surface area (Å²) in [5, 5.41) is 10.3. The standard InChI is InChI=1S/C27H31ClN2O5S2/c1-27(2,3)13-12-20-15-22(25(36-20)26(32)33)30-23(18-8-5-4-6-9-18)16-29(17-24(30)31)37(34,35)21-11-7-10-19(28)14-21/h7,10-11,14-15,18,23H,4-6,8-9,16-17H2,1-3H3,(H,32,33). The van der Waals surface area contributed by atoms with Crippen molar-refractivity contribution >= 4 is 50.5 Å². The van der Waals surface area contributed by atoms with Gasteiger partial charge in [-0.2, -0.15) is 4.31 Å². The number of amides is 1. The van der Waals surface area contributed by atoms with Gasteiger partial charge in [0.05, 0.1) is 28.0 Å². The second-order valence-electron chi connectivity index (χ2n) is 10.6. The maximum absolute atomic E-state index is 13.7. The predicted molar refractivity (Wildman–Crippen MR) is 146 cm³/mol. The van der Waals surface area contributed by atoms with Gasteiger partial charge in [-0.1, -0.05) is 48.8 Å². The van der Waals surface area contributed by atoms with Crippen LogP contribution in [0.25, 0.3) is 0 Å². The SMILES string of the molecule is CC(C)(C)C#Cc1cc(N2C(=O)CN(S(=O)(=O)c3cccc(Cl)c3)CC2C2CCCCC2)c(C(=O)O)s1. The van der Waals surface area contributed by atoms with Crippen molar-refractivity contribution in [2.24, 2.45) is 11.3 Å². The Bertz CT molecular complexity index is 1360. The van der Waals surface area contributed by atoms with E-state index in [2.05, 4.69) is 11.8 Å². The Kier molecular flexibility index (Phi) is 8.05. The van der Waals surface area contributed by atoms with Crippen molar-refractivity contribution in [1.82, 2.24) is 4.31 Å². The van der Waals surface area contributed by atoms with Gasteiger partial charge < -0.3 is 10.0 Å². The quantitative estimate of drug-likeness (QED) is 0.487. The molecule has 1 aromatic carbocycles. The van der Waals surface area contributed by atoms with Crippen LogP contribution in [0.1, 0.15) is 67.4 Å². The van der Waals surface area contributed by atoms with Crippen molar-refractivity contribution in [1.29, 1.82) is 0 Å². The molecule has 1 amide bonds. The highest BCUT2D eigenvalue weighted by atomic mass is 35.5. The fraction of sp³-hybridized carbons (Fsp3) is 0.481. The molecular weight excluding hydrogens is 532 g/mol. The number of halogens is 1. The van der Waals surface area contributed by atoms with Crippen LogP contribution in [0.3, 0.4) is 0 Å². The third kappa shape index (κ3) is 6.20. The van der Waals surface area contributed by atoms with Gasteiger partial charge in [0.2, 0.25) is 15.9 Å². The summed E-state index contributed by atoms with van der Waals surface area (Å²) < 4.78 is 28.2. The maximum atomic E-state index is 13.7. The molecule has 0 spiro atoms. The van der Waals surface area contributed by atoms with E-state index >= 15 is 0 Å². The molecule has 198 valence electrons. The number of carboxylic acids is 1. The first-order valence-corrected chi connectivity index (χ1v) is 15.0. The van der Waals surface area contributed by atoms with Crippen LogP contribution in [0.2, 0.25) is 5.02 Å². The first-order valence-electron chi connectivity index (χ1n) is 12.3. The van der Waals surface area contributed by atoms with E-state index in [-0.39, 0.29) is 34.2 Å². The summed E-state index contributed by atoms with van der Waals surface area (Å²) in [5.41, 5.74) is 0.0324. The zero-order valence-corrected chi connectivity index (χ0v) is 23.5. The topological polar surface area (TPSA) is 95.0 Å². The highest BCUT2D eigenvalue weighted by Gasteiger charge is 2.44. The lowest BCUT2D eigenvalue weighted by atomic mass is 9.82. The van der Waals surface area contributed by atoms with Crippen molar-refractivity contribution in [2.45, 2.75) is 63.8 Å². The third-order valence-electron chi connectivity index (χ3n) is 6.66. The number of rotatable bonds is 5. The van der Waals surface area contributed by atoms with E-state index in [1.807, 2.05) is 20.8 Å². The van der Waals surface area contributed by atoms with Crippen LogP contribution in [0, 0.1) is 23.2 Å². The molecule has 2 aromatic rings. The molecule has 1 aliphatic heterocycles. The molecule has 2 heterocycles. The normalized spacial score (nSPS) is 19.9.